The molecule has 2 amide bonds. The zero-order chi connectivity index (χ0) is 23.2. The number of nitriles is 1. The number of hydrogen-bond donors (Lipinski definition) is 2. The largest absolute Gasteiger partial charge is 0.341 e. The molecule has 4 rings (SSSR count). The Hall–Kier alpha value is -4.11. The summed E-state index contributed by atoms with van der Waals surface area (Å²) in [6, 6.07) is 23.1. The van der Waals surface area contributed by atoms with Gasteiger partial charge in [-0.15, -0.1) is 0 Å². The lowest BCUT2D eigenvalue weighted by Crippen LogP contribution is -2.13. The fourth-order valence-corrected chi connectivity index (χ4v) is 4.12. The van der Waals surface area contributed by atoms with E-state index in [1.807, 2.05) is 30.3 Å². The number of para-hydroxylation sites is 1. The predicted octanol–water partition coefficient (Wildman–Crippen LogP) is 5.82. The van der Waals surface area contributed by atoms with Crippen LogP contribution in [0.4, 0.5) is 11.4 Å². The molecule has 1 aromatic heterocycles. The fourth-order valence-electron chi connectivity index (χ4n) is 4.12. The highest BCUT2D eigenvalue weighted by atomic mass is 16.2. The summed E-state index contributed by atoms with van der Waals surface area (Å²) >= 11 is 0. The Kier molecular flexibility index (Phi) is 6.70. The zero-order valence-corrected chi connectivity index (χ0v) is 18.6. The first-order valence-electron chi connectivity index (χ1n) is 11.2. The average Bonchev–Trinajstić information content (AvgIpc) is 3.15. The number of anilines is 2. The highest BCUT2D eigenvalue weighted by molar-refractivity contribution is 6.09. The number of nitrogens with one attached hydrogen (secondary N) is 2. The van der Waals surface area contributed by atoms with Crippen LogP contribution in [0, 0.1) is 11.3 Å². The molecule has 6 nitrogen and oxygen atoms in total. The Morgan fingerprint density at radius 2 is 1.42 bits per heavy atom. The van der Waals surface area contributed by atoms with E-state index in [-0.39, 0.29) is 11.8 Å². The van der Waals surface area contributed by atoms with Gasteiger partial charge in [0, 0.05) is 52.6 Å². The first-order valence-corrected chi connectivity index (χ1v) is 11.2. The van der Waals surface area contributed by atoms with E-state index in [0.717, 1.165) is 23.1 Å². The van der Waals surface area contributed by atoms with Crippen LogP contribution >= 0.6 is 0 Å². The summed E-state index contributed by atoms with van der Waals surface area (Å²) in [6.07, 6.45) is 1.96. The van der Waals surface area contributed by atoms with Crippen molar-refractivity contribution in [2.24, 2.45) is 0 Å². The molecule has 0 saturated carbocycles. The van der Waals surface area contributed by atoms with Gasteiger partial charge >= 0.3 is 0 Å². The Bertz CT molecular complexity index is 1350. The minimum Gasteiger partial charge on any atom is -0.341 e. The smallest absolute Gasteiger partial charge is 0.224 e. The van der Waals surface area contributed by atoms with Crippen molar-refractivity contribution in [2.45, 2.75) is 39.2 Å². The third-order valence-corrected chi connectivity index (χ3v) is 5.73. The summed E-state index contributed by atoms with van der Waals surface area (Å²) < 4.78 is 2.28. The second-order valence-electron chi connectivity index (χ2n) is 7.99. The van der Waals surface area contributed by atoms with Crippen molar-refractivity contribution in [1.82, 2.24) is 4.57 Å². The standard InChI is InChI=1S/C27H26N4O2/c1-2-31-24-8-4-3-7-22(24)23-17-21(15-16-25(23)31)30-27(33)10-6-5-9-26(32)29-20-13-11-19(18-28)12-14-20/h3-4,7-8,11-17H,2,5-6,9-10H2,1H3,(H,29,32)(H,30,33). The molecule has 0 radical (unpaired) electrons. The number of carbonyl (C=O) groups is 2. The van der Waals surface area contributed by atoms with Crippen LogP contribution in [0.1, 0.15) is 38.2 Å². The minimum absolute atomic E-state index is 0.0546. The summed E-state index contributed by atoms with van der Waals surface area (Å²) in [4.78, 5) is 24.5. The number of nitrogens with zero attached hydrogens (tertiary/aromatic N) is 2. The Morgan fingerprint density at radius 1 is 0.818 bits per heavy atom. The van der Waals surface area contributed by atoms with E-state index < -0.39 is 0 Å². The summed E-state index contributed by atoms with van der Waals surface area (Å²) in [5, 5.41) is 16.9. The second-order valence-corrected chi connectivity index (χ2v) is 7.99. The molecular weight excluding hydrogens is 412 g/mol. The molecule has 3 aromatic carbocycles. The fraction of sp³-hybridized carbons (Fsp3) is 0.222. The Balaban J connectivity index is 1.28. The molecule has 0 bridgehead atoms. The van der Waals surface area contributed by atoms with E-state index in [0.29, 0.717) is 36.9 Å². The van der Waals surface area contributed by atoms with E-state index in [9.17, 15) is 9.59 Å². The van der Waals surface area contributed by atoms with Crippen molar-refractivity contribution >= 4 is 45.0 Å². The summed E-state index contributed by atoms with van der Waals surface area (Å²) in [5.74, 6) is -0.154. The molecule has 2 N–H and O–H groups in total. The van der Waals surface area contributed by atoms with Gasteiger partial charge in [0.25, 0.3) is 0 Å². The van der Waals surface area contributed by atoms with Gasteiger partial charge in [-0.05, 0) is 68.3 Å². The van der Waals surface area contributed by atoms with Crippen LogP contribution in [0.5, 0.6) is 0 Å². The second kappa shape index (κ2) is 10.0. The van der Waals surface area contributed by atoms with Gasteiger partial charge in [0.05, 0.1) is 11.6 Å². The van der Waals surface area contributed by atoms with Crippen LogP contribution in [0.15, 0.2) is 66.7 Å². The molecule has 0 aliphatic carbocycles. The van der Waals surface area contributed by atoms with E-state index >= 15 is 0 Å². The Morgan fingerprint density at radius 3 is 2.09 bits per heavy atom. The third kappa shape index (κ3) is 5.04. The van der Waals surface area contributed by atoms with Crippen LogP contribution in [-0.4, -0.2) is 16.4 Å². The summed E-state index contributed by atoms with van der Waals surface area (Å²) in [5.41, 5.74) is 4.35. The first-order chi connectivity index (χ1) is 16.1. The number of rotatable bonds is 8. The molecule has 0 spiro atoms. The molecule has 166 valence electrons. The number of amides is 2. The number of benzene rings is 3. The van der Waals surface area contributed by atoms with Crippen LogP contribution in [0.25, 0.3) is 21.8 Å². The molecule has 1 heterocycles. The average molecular weight is 439 g/mol. The van der Waals surface area contributed by atoms with E-state index in [4.69, 9.17) is 5.26 Å². The SMILES string of the molecule is CCn1c2ccccc2c2cc(NC(=O)CCCCC(=O)Nc3ccc(C#N)cc3)ccc21. The van der Waals surface area contributed by atoms with Gasteiger partial charge in [-0.25, -0.2) is 0 Å². The van der Waals surface area contributed by atoms with Gasteiger partial charge < -0.3 is 15.2 Å². The Labute approximate surface area is 192 Å². The number of fused-ring (bicyclic) bond motifs is 3. The van der Waals surface area contributed by atoms with Crippen LogP contribution in [0.3, 0.4) is 0 Å². The molecule has 0 atom stereocenters. The number of carbonyl (C=O) groups excluding carboxylic acids is 2. The number of aryl methyl sites for hydroxylation is 1. The molecule has 4 aromatic rings. The van der Waals surface area contributed by atoms with Gasteiger partial charge in [-0.2, -0.15) is 5.26 Å². The van der Waals surface area contributed by atoms with Crippen molar-refractivity contribution in [2.75, 3.05) is 10.6 Å². The molecule has 0 aliphatic heterocycles. The van der Waals surface area contributed by atoms with E-state index in [1.54, 1.807) is 24.3 Å². The zero-order valence-electron chi connectivity index (χ0n) is 18.6. The van der Waals surface area contributed by atoms with Crippen molar-refractivity contribution in [3.8, 4) is 6.07 Å². The molecule has 0 saturated heterocycles. The van der Waals surface area contributed by atoms with Gasteiger partial charge in [0.1, 0.15) is 0 Å². The van der Waals surface area contributed by atoms with Gasteiger partial charge in [0.2, 0.25) is 11.8 Å². The molecule has 0 unspecified atom stereocenters. The third-order valence-electron chi connectivity index (χ3n) is 5.73. The van der Waals surface area contributed by atoms with Crippen LogP contribution in [0.2, 0.25) is 0 Å². The summed E-state index contributed by atoms with van der Waals surface area (Å²) in [6.45, 7) is 3.01. The predicted molar refractivity (Wildman–Crippen MR) is 132 cm³/mol. The quantitative estimate of drug-likeness (QED) is 0.340. The van der Waals surface area contributed by atoms with Crippen LogP contribution < -0.4 is 10.6 Å². The molecule has 6 heteroatoms. The maximum atomic E-state index is 12.4. The summed E-state index contributed by atoms with van der Waals surface area (Å²) in [7, 11) is 0. The monoisotopic (exact) mass is 438 g/mol. The highest BCUT2D eigenvalue weighted by Crippen LogP contribution is 2.31. The van der Waals surface area contributed by atoms with Gasteiger partial charge in [-0.1, -0.05) is 18.2 Å². The van der Waals surface area contributed by atoms with Gasteiger partial charge in [-0.3, -0.25) is 9.59 Å². The number of unbranched alkanes of at least 4 members (excludes halogenated alkanes) is 1. The van der Waals surface area contributed by atoms with E-state index in [2.05, 4.69) is 40.3 Å². The number of aromatic nitrogens is 1. The van der Waals surface area contributed by atoms with Crippen molar-refractivity contribution < 1.29 is 9.59 Å². The molecule has 33 heavy (non-hydrogen) atoms. The maximum absolute atomic E-state index is 12.4. The normalized spacial score (nSPS) is 10.8. The van der Waals surface area contributed by atoms with Crippen molar-refractivity contribution in [3.05, 3.63) is 72.3 Å². The van der Waals surface area contributed by atoms with Gasteiger partial charge in [0.15, 0.2) is 0 Å². The van der Waals surface area contributed by atoms with Crippen LogP contribution in [-0.2, 0) is 16.1 Å². The van der Waals surface area contributed by atoms with Crippen molar-refractivity contribution in [3.63, 3.8) is 0 Å². The van der Waals surface area contributed by atoms with Crippen molar-refractivity contribution in [1.29, 1.82) is 5.26 Å². The van der Waals surface area contributed by atoms with E-state index in [1.165, 1.54) is 10.9 Å². The molecular formula is C27H26N4O2. The lowest BCUT2D eigenvalue weighted by molar-refractivity contribution is -0.118. The topological polar surface area (TPSA) is 86.9 Å². The molecule has 0 aliphatic rings. The number of hydrogen-bond acceptors (Lipinski definition) is 3. The lowest BCUT2D eigenvalue weighted by atomic mass is 10.1. The maximum Gasteiger partial charge on any atom is 0.224 e. The first kappa shape index (κ1) is 22.1. The highest BCUT2D eigenvalue weighted by Gasteiger charge is 2.11. The molecule has 0 fully saturated rings. The lowest BCUT2D eigenvalue weighted by Gasteiger charge is -2.07. The minimum atomic E-state index is -0.0992.